The Morgan fingerprint density at radius 3 is 2.32 bits per heavy atom. The van der Waals surface area contributed by atoms with Gasteiger partial charge in [0.15, 0.2) is 0 Å². The maximum absolute atomic E-state index is 12.4. The van der Waals surface area contributed by atoms with Crippen molar-refractivity contribution in [3.8, 4) is 6.07 Å². The molecule has 0 aliphatic heterocycles. The van der Waals surface area contributed by atoms with E-state index in [-0.39, 0.29) is 6.54 Å². The lowest BCUT2D eigenvalue weighted by molar-refractivity contribution is -0.114. The Balaban J connectivity index is 2.29. The monoisotopic (exact) mass is 357 g/mol. The number of rotatable bonds is 5. The number of aryl methyl sites for hydroxylation is 2. The fraction of sp³-hybridized carbons (Fsp3) is 0.222. The van der Waals surface area contributed by atoms with Crippen molar-refractivity contribution in [3.05, 3.63) is 59.2 Å². The molecule has 2 rings (SSSR count). The van der Waals surface area contributed by atoms with Gasteiger partial charge in [0.05, 0.1) is 23.2 Å². The molecular formula is C18H19N3O3S. The van der Waals surface area contributed by atoms with Crippen molar-refractivity contribution in [2.45, 2.75) is 13.8 Å². The lowest BCUT2D eigenvalue weighted by atomic mass is 10.1. The van der Waals surface area contributed by atoms with Gasteiger partial charge >= 0.3 is 0 Å². The minimum Gasteiger partial charge on any atom is -0.323 e. The highest BCUT2D eigenvalue weighted by molar-refractivity contribution is 7.92. The summed E-state index contributed by atoms with van der Waals surface area (Å²) in [4.78, 5) is 12.4. The molecule has 2 aromatic carbocycles. The van der Waals surface area contributed by atoms with Crippen LogP contribution in [-0.2, 0) is 14.8 Å². The molecule has 0 aliphatic carbocycles. The highest BCUT2D eigenvalue weighted by Gasteiger charge is 2.21. The van der Waals surface area contributed by atoms with Crippen LogP contribution in [0.4, 0.5) is 11.4 Å². The van der Waals surface area contributed by atoms with Crippen molar-refractivity contribution >= 4 is 27.3 Å². The Hall–Kier alpha value is -2.85. The van der Waals surface area contributed by atoms with E-state index in [4.69, 9.17) is 5.26 Å². The Bertz CT molecular complexity index is 926. The van der Waals surface area contributed by atoms with E-state index >= 15 is 0 Å². The summed E-state index contributed by atoms with van der Waals surface area (Å²) in [5.41, 5.74) is 2.90. The molecule has 25 heavy (non-hydrogen) atoms. The average molecular weight is 357 g/mol. The first kappa shape index (κ1) is 18.5. The predicted octanol–water partition coefficient (Wildman–Crippen LogP) is 2.58. The maximum Gasteiger partial charge on any atom is 0.245 e. The van der Waals surface area contributed by atoms with Gasteiger partial charge < -0.3 is 5.32 Å². The second-order valence-corrected chi connectivity index (χ2v) is 7.73. The van der Waals surface area contributed by atoms with E-state index < -0.39 is 15.9 Å². The van der Waals surface area contributed by atoms with Gasteiger partial charge in [0.2, 0.25) is 15.9 Å². The van der Waals surface area contributed by atoms with Gasteiger partial charge in [0, 0.05) is 0 Å². The van der Waals surface area contributed by atoms with Crippen LogP contribution in [0.25, 0.3) is 0 Å². The normalized spacial score (nSPS) is 10.8. The summed E-state index contributed by atoms with van der Waals surface area (Å²) in [6.45, 7) is 3.35. The highest BCUT2D eigenvalue weighted by atomic mass is 32.2. The van der Waals surface area contributed by atoms with Crippen molar-refractivity contribution < 1.29 is 13.2 Å². The fourth-order valence-electron chi connectivity index (χ4n) is 2.50. The number of sulfonamides is 1. The van der Waals surface area contributed by atoms with Gasteiger partial charge in [-0.1, -0.05) is 18.2 Å². The van der Waals surface area contributed by atoms with Crippen LogP contribution >= 0.6 is 0 Å². The third-order valence-corrected chi connectivity index (χ3v) is 4.64. The van der Waals surface area contributed by atoms with Crippen LogP contribution < -0.4 is 9.62 Å². The fourth-order valence-corrected chi connectivity index (χ4v) is 3.34. The first-order chi connectivity index (χ1) is 11.7. The molecule has 0 aliphatic rings. The summed E-state index contributed by atoms with van der Waals surface area (Å²) >= 11 is 0. The van der Waals surface area contributed by atoms with E-state index in [9.17, 15) is 13.2 Å². The maximum atomic E-state index is 12.4. The molecule has 0 fully saturated rings. The molecular weight excluding hydrogens is 338 g/mol. The minimum absolute atomic E-state index is 0.313. The van der Waals surface area contributed by atoms with Crippen LogP contribution in [0.2, 0.25) is 0 Å². The number of nitrogens with one attached hydrogen (secondary N) is 1. The number of anilines is 2. The van der Waals surface area contributed by atoms with Crippen molar-refractivity contribution in [1.82, 2.24) is 0 Å². The zero-order valence-electron chi connectivity index (χ0n) is 14.3. The standard InChI is InChI=1S/C18H19N3O3S/c1-13-8-14(2)10-16(9-13)21(25(3,23)24)12-18(22)20-17-7-5-4-6-15(17)11-19/h4-10H,12H2,1-3H3,(H,20,22). The van der Waals surface area contributed by atoms with Crippen LogP contribution in [0.3, 0.4) is 0 Å². The van der Waals surface area contributed by atoms with Gasteiger partial charge in [-0.25, -0.2) is 8.42 Å². The first-order valence-corrected chi connectivity index (χ1v) is 9.40. The molecule has 0 saturated heterocycles. The zero-order valence-corrected chi connectivity index (χ0v) is 15.1. The molecule has 0 saturated carbocycles. The van der Waals surface area contributed by atoms with Crippen molar-refractivity contribution in [2.24, 2.45) is 0 Å². The number of nitriles is 1. The van der Waals surface area contributed by atoms with Crippen molar-refractivity contribution in [1.29, 1.82) is 5.26 Å². The van der Waals surface area contributed by atoms with E-state index in [0.717, 1.165) is 21.7 Å². The minimum atomic E-state index is -3.65. The van der Waals surface area contributed by atoms with Crippen LogP contribution in [0.1, 0.15) is 16.7 Å². The number of carbonyl (C=O) groups excluding carboxylic acids is 1. The molecule has 1 N–H and O–H groups in total. The summed E-state index contributed by atoms with van der Waals surface area (Å²) in [5, 5.41) is 11.7. The van der Waals surface area contributed by atoms with E-state index in [0.29, 0.717) is 16.9 Å². The van der Waals surface area contributed by atoms with Crippen LogP contribution in [0.15, 0.2) is 42.5 Å². The van der Waals surface area contributed by atoms with Gasteiger partial charge in [0.1, 0.15) is 12.6 Å². The van der Waals surface area contributed by atoms with Gasteiger partial charge in [-0.3, -0.25) is 9.10 Å². The quantitative estimate of drug-likeness (QED) is 0.890. The molecule has 6 nitrogen and oxygen atoms in total. The molecule has 0 atom stereocenters. The number of hydrogen-bond donors (Lipinski definition) is 1. The Labute approximate surface area is 147 Å². The average Bonchev–Trinajstić information content (AvgIpc) is 2.51. The molecule has 0 unspecified atom stereocenters. The Morgan fingerprint density at radius 2 is 1.76 bits per heavy atom. The number of para-hydroxylation sites is 1. The lowest BCUT2D eigenvalue weighted by Gasteiger charge is -2.23. The number of nitrogens with zero attached hydrogens (tertiary/aromatic N) is 2. The van der Waals surface area contributed by atoms with E-state index in [2.05, 4.69) is 5.32 Å². The molecule has 0 aromatic heterocycles. The smallest absolute Gasteiger partial charge is 0.245 e. The summed E-state index contributed by atoms with van der Waals surface area (Å²) in [6, 6.07) is 13.9. The third-order valence-electron chi connectivity index (χ3n) is 3.50. The van der Waals surface area contributed by atoms with E-state index in [1.165, 1.54) is 0 Å². The first-order valence-electron chi connectivity index (χ1n) is 7.55. The molecule has 0 bridgehead atoms. The summed E-state index contributed by atoms with van der Waals surface area (Å²) in [6.07, 6.45) is 1.06. The predicted molar refractivity (Wildman–Crippen MR) is 97.9 cm³/mol. The molecule has 0 radical (unpaired) electrons. The number of carbonyl (C=O) groups is 1. The van der Waals surface area contributed by atoms with Gasteiger partial charge in [-0.2, -0.15) is 5.26 Å². The Morgan fingerprint density at radius 1 is 1.16 bits per heavy atom. The second-order valence-electron chi connectivity index (χ2n) is 5.82. The molecule has 7 heteroatoms. The third kappa shape index (κ3) is 4.81. The summed E-state index contributed by atoms with van der Waals surface area (Å²) in [5.74, 6) is -0.521. The van der Waals surface area contributed by atoms with Crippen molar-refractivity contribution in [3.63, 3.8) is 0 Å². The Kier molecular flexibility index (Phi) is 5.45. The molecule has 130 valence electrons. The molecule has 1 amide bonds. The van der Waals surface area contributed by atoms with Gasteiger partial charge in [-0.15, -0.1) is 0 Å². The zero-order chi connectivity index (χ0) is 18.6. The largest absolute Gasteiger partial charge is 0.323 e. The highest BCUT2D eigenvalue weighted by Crippen LogP contribution is 2.21. The number of benzene rings is 2. The molecule has 2 aromatic rings. The van der Waals surface area contributed by atoms with E-state index in [1.54, 1.807) is 36.4 Å². The second kappa shape index (κ2) is 7.36. The topological polar surface area (TPSA) is 90.3 Å². The lowest BCUT2D eigenvalue weighted by Crippen LogP contribution is -2.37. The number of amides is 1. The van der Waals surface area contributed by atoms with Crippen LogP contribution in [0, 0.1) is 25.2 Å². The number of hydrogen-bond acceptors (Lipinski definition) is 4. The van der Waals surface area contributed by atoms with Gasteiger partial charge in [-0.05, 0) is 49.2 Å². The van der Waals surface area contributed by atoms with E-state index in [1.807, 2.05) is 26.0 Å². The summed E-state index contributed by atoms with van der Waals surface area (Å²) in [7, 11) is -3.65. The SMILES string of the molecule is Cc1cc(C)cc(N(CC(=O)Nc2ccccc2C#N)S(C)(=O)=O)c1. The molecule has 0 spiro atoms. The van der Waals surface area contributed by atoms with Crippen LogP contribution in [0.5, 0.6) is 0 Å². The summed E-state index contributed by atoms with van der Waals surface area (Å²) < 4.78 is 25.4. The van der Waals surface area contributed by atoms with Gasteiger partial charge in [0.25, 0.3) is 0 Å². The van der Waals surface area contributed by atoms with Crippen LogP contribution in [-0.4, -0.2) is 27.1 Å². The molecule has 0 heterocycles. The van der Waals surface area contributed by atoms with Crippen molar-refractivity contribution in [2.75, 3.05) is 22.4 Å².